The first-order valence-electron chi connectivity index (χ1n) is 5.79. The molecule has 0 aliphatic heterocycles. The molecule has 0 spiro atoms. The van der Waals surface area contributed by atoms with E-state index in [2.05, 4.69) is 11.6 Å². The summed E-state index contributed by atoms with van der Waals surface area (Å²) in [6, 6.07) is 3.66. The van der Waals surface area contributed by atoms with Crippen LogP contribution in [0.15, 0.2) is 24.9 Å². The molecule has 0 amide bonds. The molecule has 0 aliphatic rings. The Hall–Kier alpha value is -1.46. The van der Waals surface area contributed by atoms with Gasteiger partial charge in [-0.2, -0.15) is 0 Å². The molecule has 0 aliphatic carbocycles. The Balaban J connectivity index is 2.01. The summed E-state index contributed by atoms with van der Waals surface area (Å²) < 4.78 is 27.2. The van der Waals surface area contributed by atoms with E-state index in [0.29, 0.717) is 32.3 Å². The molecule has 100 valence electrons. The summed E-state index contributed by atoms with van der Waals surface area (Å²) in [7, 11) is 0. The molecule has 1 aromatic rings. The second kappa shape index (κ2) is 9.56. The number of hydrogen-bond acceptors (Lipinski definition) is 4. The third-order valence-corrected chi connectivity index (χ3v) is 2.07. The van der Waals surface area contributed by atoms with Gasteiger partial charge in [0.1, 0.15) is 13.3 Å². The van der Waals surface area contributed by atoms with E-state index in [1.54, 1.807) is 18.3 Å². The molecule has 0 saturated carbocycles. The van der Waals surface area contributed by atoms with Gasteiger partial charge in [-0.3, -0.25) is 0 Å². The van der Waals surface area contributed by atoms with Crippen molar-refractivity contribution in [1.29, 1.82) is 0 Å². The maximum absolute atomic E-state index is 11.7. The van der Waals surface area contributed by atoms with Crippen LogP contribution in [0.4, 0.5) is 4.39 Å². The van der Waals surface area contributed by atoms with E-state index in [1.807, 2.05) is 6.07 Å². The number of nitrogens with zero attached hydrogens (tertiary/aromatic N) is 1. The van der Waals surface area contributed by atoms with E-state index in [1.165, 1.54) is 0 Å². The zero-order valence-electron chi connectivity index (χ0n) is 10.3. The molecule has 1 heterocycles. The fourth-order valence-corrected chi connectivity index (χ4v) is 1.18. The van der Waals surface area contributed by atoms with Gasteiger partial charge in [-0.25, -0.2) is 9.37 Å². The molecule has 0 aromatic carbocycles. The van der Waals surface area contributed by atoms with Gasteiger partial charge in [0.25, 0.3) is 0 Å². The Labute approximate surface area is 106 Å². The number of hydrogen-bond donors (Lipinski definition) is 0. The van der Waals surface area contributed by atoms with Crippen LogP contribution in [0, 0.1) is 0 Å². The lowest BCUT2D eigenvalue weighted by molar-refractivity contribution is 0.0320. The predicted molar refractivity (Wildman–Crippen MR) is 67.4 cm³/mol. The smallest absolute Gasteiger partial charge is 0.213 e. The quantitative estimate of drug-likeness (QED) is 0.600. The monoisotopic (exact) mass is 255 g/mol. The number of aromatic nitrogens is 1. The molecule has 0 saturated heterocycles. The summed E-state index contributed by atoms with van der Waals surface area (Å²) in [6.07, 6.45) is 3.41. The molecule has 1 aromatic heterocycles. The predicted octanol–water partition coefficient (Wildman–Crippen LogP) is 2.11. The van der Waals surface area contributed by atoms with Crippen LogP contribution < -0.4 is 4.74 Å². The highest BCUT2D eigenvalue weighted by Crippen LogP contribution is 2.07. The van der Waals surface area contributed by atoms with Crippen molar-refractivity contribution in [3.63, 3.8) is 0 Å². The van der Waals surface area contributed by atoms with Gasteiger partial charge >= 0.3 is 0 Å². The van der Waals surface area contributed by atoms with E-state index in [9.17, 15) is 4.39 Å². The lowest BCUT2D eigenvalue weighted by Gasteiger charge is -2.06. The first kappa shape index (κ1) is 14.6. The van der Waals surface area contributed by atoms with Crippen LogP contribution in [0.25, 0.3) is 6.08 Å². The van der Waals surface area contributed by atoms with Gasteiger partial charge in [-0.1, -0.05) is 12.7 Å². The number of alkyl halides is 1. The van der Waals surface area contributed by atoms with Crippen molar-refractivity contribution >= 4 is 6.08 Å². The molecule has 0 N–H and O–H groups in total. The highest BCUT2D eigenvalue weighted by atomic mass is 19.1. The summed E-state index contributed by atoms with van der Waals surface area (Å²) in [5, 5.41) is 0. The number of rotatable bonds is 10. The average Bonchev–Trinajstić information content (AvgIpc) is 2.42. The van der Waals surface area contributed by atoms with Crippen molar-refractivity contribution in [2.24, 2.45) is 0 Å². The Morgan fingerprint density at radius 2 is 1.83 bits per heavy atom. The van der Waals surface area contributed by atoms with E-state index < -0.39 is 6.67 Å². The van der Waals surface area contributed by atoms with Crippen LogP contribution in [0.2, 0.25) is 0 Å². The molecule has 0 radical (unpaired) electrons. The summed E-state index contributed by atoms with van der Waals surface area (Å²) in [5.41, 5.74) is 0.948. The standard InChI is InChI=1S/C13H18FNO3/c1-2-12-3-4-13(15-11-12)18-10-9-17-8-7-16-6-5-14/h2-4,11H,1,5-10H2. The maximum atomic E-state index is 11.7. The first-order chi connectivity index (χ1) is 8.86. The fourth-order valence-electron chi connectivity index (χ4n) is 1.18. The topological polar surface area (TPSA) is 40.6 Å². The molecule has 5 heteroatoms. The second-order valence-electron chi connectivity index (χ2n) is 3.40. The summed E-state index contributed by atoms with van der Waals surface area (Å²) in [4.78, 5) is 4.09. The van der Waals surface area contributed by atoms with Crippen molar-refractivity contribution in [1.82, 2.24) is 4.98 Å². The van der Waals surface area contributed by atoms with Crippen molar-refractivity contribution in [2.45, 2.75) is 0 Å². The lowest BCUT2D eigenvalue weighted by Crippen LogP contribution is -2.11. The van der Waals surface area contributed by atoms with Gasteiger partial charge in [0.15, 0.2) is 0 Å². The molecular weight excluding hydrogens is 237 g/mol. The van der Waals surface area contributed by atoms with Crippen molar-refractivity contribution < 1.29 is 18.6 Å². The van der Waals surface area contributed by atoms with Gasteiger partial charge in [0, 0.05) is 12.3 Å². The SMILES string of the molecule is C=Cc1ccc(OCCOCCOCCF)nc1. The largest absolute Gasteiger partial charge is 0.475 e. The molecule has 4 nitrogen and oxygen atoms in total. The number of pyridine rings is 1. The Kier molecular flexibility index (Phi) is 7.75. The fraction of sp³-hybridized carbons (Fsp3) is 0.462. The summed E-state index contributed by atoms with van der Waals surface area (Å²) in [6.45, 7) is 5.01. The van der Waals surface area contributed by atoms with Crippen molar-refractivity contribution in [3.8, 4) is 5.88 Å². The lowest BCUT2D eigenvalue weighted by atomic mass is 10.3. The van der Waals surface area contributed by atoms with Crippen molar-refractivity contribution in [2.75, 3.05) is 39.7 Å². The minimum absolute atomic E-state index is 0.124. The summed E-state index contributed by atoms with van der Waals surface area (Å²) >= 11 is 0. The maximum Gasteiger partial charge on any atom is 0.213 e. The Morgan fingerprint density at radius 3 is 2.44 bits per heavy atom. The van der Waals surface area contributed by atoms with Crippen LogP contribution in [-0.4, -0.2) is 44.7 Å². The highest BCUT2D eigenvalue weighted by Gasteiger charge is 1.95. The molecule has 18 heavy (non-hydrogen) atoms. The van der Waals surface area contributed by atoms with Crippen LogP contribution in [-0.2, 0) is 9.47 Å². The van der Waals surface area contributed by atoms with Crippen LogP contribution in [0.5, 0.6) is 5.88 Å². The van der Waals surface area contributed by atoms with E-state index >= 15 is 0 Å². The molecule has 0 bridgehead atoms. The minimum Gasteiger partial charge on any atom is -0.475 e. The Morgan fingerprint density at radius 1 is 1.11 bits per heavy atom. The normalized spacial score (nSPS) is 10.3. The van der Waals surface area contributed by atoms with Crippen molar-refractivity contribution in [3.05, 3.63) is 30.5 Å². The third kappa shape index (κ3) is 6.32. The van der Waals surface area contributed by atoms with E-state index in [4.69, 9.17) is 14.2 Å². The second-order valence-corrected chi connectivity index (χ2v) is 3.40. The zero-order chi connectivity index (χ0) is 13.1. The summed E-state index contributed by atoms with van der Waals surface area (Å²) in [5.74, 6) is 0.554. The highest BCUT2D eigenvalue weighted by molar-refractivity contribution is 5.45. The van der Waals surface area contributed by atoms with Gasteiger partial charge in [0.05, 0.1) is 26.4 Å². The minimum atomic E-state index is -0.463. The number of halogens is 1. The van der Waals surface area contributed by atoms with Crippen LogP contribution in [0.1, 0.15) is 5.56 Å². The average molecular weight is 255 g/mol. The molecule has 0 fully saturated rings. The molecule has 0 atom stereocenters. The van der Waals surface area contributed by atoms with Gasteiger partial charge < -0.3 is 14.2 Å². The Bertz CT molecular complexity index is 330. The van der Waals surface area contributed by atoms with Gasteiger partial charge in [-0.15, -0.1) is 0 Å². The molecule has 1 rings (SSSR count). The van der Waals surface area contributed by atoms with Crippen LogP contribution >= 0.6 is 0 Å². The third-order valence-electron chi connectivity index (χ3n) is 2.07. The van der Waals surface area contributed by atoms with Gasteiger partial charge in [0.2, 0.25) is 5.88 Å². The molecule has 0 unspecified atom stereocenters. The zero-order valence-corrected chi connectivity index (χ0v) is 10.3. The van der Waals surface area contributed by atoms with E-state index in [0.717, 1.165) is 5.56 Å². The van der Waals surface area contributed by atoms with Gasteiger partial charge in [-0.05, 0) is 11.6 Å². The van der Waals surface area contributed by atoms with E-state index in [-0.39, 0.29) is 6.61 Å². The molecular formula is C13H18FNO3. The first-order valence-corrected chi connectivity index (χ1v) is 5.79. The number of ether oxygens (including phenoxy) is 3. The van der Waals surface area contributed by atoms with Crippen LogP contribution in [0.3, 0.4) is 0 Å².